The van der Waals surface area contributed by atoms with Crippen LogP contribution in [0.4, 0.5) is 0 Å². The van der Waals surface area contributed by atoms with E-state index in [1.54, 1.807) is 26.4 Å². The Morgan fingerprint density at radius 3 is 2.14 bits per heavy atom. The molecule has 0 aliphatic rings. The van der Waals surface area contributed by atoms with Gasteiger partial charge in [0, 0.05) is 14.2 Å². The van der Waals surface area contributed by atoms with Crippen molar-refractivity contribution in [3.05, 3.63) is 83.0 Å². The first-order valence-electron chi connectivity index (χ1n) is 11.6. The molecule has 35 heavy (non-hydrogen) atoms. The van der Waals surface area contributed by atoms with E-state index in [2.05, 4.69) is 13.5 Å². The molecule has 0 heterocycles. The van der Waals surface area contributed by atoms with Crippen molar-refractivity contribution in [2.24, 2.45) is 0 Å². The Balaban J connectivity index is 1.93. The molecule has 2 rings (SSSR count). The van der Waals surface area contributed by atoms with Gasteiger partial charge in [0.05, 0.1) is 5.56 Å². The van der Waals surface area contributed by atoms with E-state index in [9.17, 15) is 4.79 Å². The number of carbonyl (C=O) groups excluding carboxylic acids is 1. The fourth-order valence-electron chi connectivity index (χ4n) is 3.14. The van der Waals surface area contributed by atoms with E-state index in [4.69, 9.17) is 23.7 Å². The summed E-state index contributed by atoms with van der Waals surface area (Å²) in [7, 11) is 3.12. The molecule has 188 valence electrons. The lowest BCUT2D eigenvalue weighted by Crippen LogP contribution is -2.05. The second-order valence-corrected chi connectivity index (χ2v) is 8.22. The van der Waals surface area contributed by atoms with Crippen LogP contribution >= 0.6 is 0 Å². The first-order chi connectivity index (χ1) is 16.9. The molecule has 0 unspecified atom stereocenters. The third-order valence-corrected chi connectivity index (χ3v) is 5.07. The first kappa shape index (κ1) is 27.9. The molecule has 0 aliphatic heterocycles. The van der Waals surface area contributed by atoms with Crippen molar-refractivity contribution in [3.8, 4) is 11.5 Å². The summed E-state index contributed by atoms with van der Waals surface area (Å²) in [5, 5.41) is 0. The molecule has 0 aromatic heterocycles. The monoisotopic (exact) mass is 480 g/mol. The van der Waals surface area contributed by atoms with Gasteiger partial charge < -0.3 is 23.7 Å². The highest BCUT2D eigenvalue weighted by Crippen LogP contribution is 2.29. The summed E-state index contributed by atoms with van der Waals surface area (Å²) in [5.41, 5.74) is 4.80. The van der Waals surface area contributed by atoms with Gasteiger partial charge >= 0.3 is 5.97 Å². The summed E-state index contributed by atoms with van der Waals surface area (Å²) in [6.45, 7) is 8.52. The highest BCUT2D eigenvalue weighted by molar-refractivity contribution is 5.89. The van der Waals surface area contributed by atoms with Crippen LogP contribution in [0.1, 0.15) is 54.6 Å². The van der Waals surface area contributed by atoms with Crippen LogP contribution in [0, 0.1) is 0 Å². The molecule has 0 fully saturated rings. The minimum absolute atomic E-state index is 0.110. The van der Waals surface area contributed by atoms with Crippen LogP contribution in [0.3, 0.4) is 0 Å². The number of carbonyl (C=O) groups is 1. The zero-order valence-electron chi connectivity index (χ0n) is 21.2. The normalized spacial score (nSPS) is 11.5. The lowest BCUT2D eigenvalue weighted by atomic mass is 10.1. The van der Waals surface area contributed by atoms with Crippen molar-refractivity contribution in [3.63, 3.8) is 0 Å². The molecule has 0 aliphatic carbocycles. The van der Waals surface area contributed by atoms with Gasteiger partial charge in [0.15, 0.2) is 25.1 Å². The largest absolute Gasteiger partial charge is 0.464 e. The molecule has 2 aromatic carbocycles. The van der Waals surface area contributed by atoms with Crippen LogP contribution in [-0.2, 0) is 14.2 Å². The van der Waals surface area contributed by atoms with Crippen LogP contribution in [0.25, 0.3) is 12.2 Å². The predicted octanol–water partition coefficient (Wildman–Crippen LogP) is 6.67. The zero-order valence-corrected chi connectivity index (χ0v) is 21.2. The maximum Gasteiger partial charge on any atom is 0.338 e. The fourth-order valence-corrected chi connectivity index (χ4v) is 3.14. The minimum Gasteiger partial charge on any atom is -0.464 e. The average Bonchev–Trinajstić information content (AvgIpc) is 2.85. The Labute approximate surface area is 208 Å². The number of esters is 1. The Hall–Kier alpha value is -3.35. The second kappa shape index (κ2) is 15.5. The zero-order chi connectivity index (χ0) is 25.5. The number of methoxy groups -OCH3 is 2. The van der Waals surface area contributed by atoms with Crippen molar-refractivity contribution in [1.82, 2.24) is 0 Å². The van der Waals surface area contributed by atoms with Gasteiger partial charge in [-0.1, -0.05) is 41.5 Å². The smallest absolute Gasteiger partial charge is 0.338 e. The maximum absolute atomic E-state index is 12.3. The molecule has 0 N–H and O–H groups in total. The van der Waals surface area contributed by atoms with Crippen LogP contribution in [-0.4, -0.2) is 40.4 Å². The topological polar surface area (TPSA) is 63.2 Å². The van der Waals surface area contributed by atoms with Gasteiger partial charge in [0.1, 0.15) is 6.61 Å². The molecule has 0 bridgehead atoms. The van der Waals surface area contributed by atoms with E-state index in [0.29, 0.717) is 17.1 Å². The molecule has 0 radical (unpaired) electrons. The lowest BCUT2D eigenvalue weighted by molar-refractivity contribution is 0.0322. The number of hydrogen-bond donors (Lipinski definition) is 0. The van der Waals surface area contributed by atoms with Crippen LogP contribution in [0.5, 0.6) is 11.5 Å². The predicted molar refractivity (Wildman–Crippen MR) is 140 cm³/mol. The van der Waals surface area contributed by atoms with Crippen molar-refractivity contribution in [2.45, 2.75) is 33.1 Å². The molecule has 0 saturated heterocycles. The van der Waals surface area contributed by atoms with Crippen molar-refractivity contribution >= 4 is 18.1 Å². The molecule has 0 amide bonds. The van der Waals surface area contributed by atoms with Gasteiger partial charge in [0.25, 0.3) is 0 Å². The van der Waals surface area contributed by atoms with E-state index in [0.717, 1.165) is 30.4 Å². The maximum atomic E-state index is 12.3. The summed E-state index contributed by atoms with van der Waals surface area (Å²) in [6, 6.07) is 12.9. The van der Waals surface area contributed by atoms with Gasteiger partial charge in [-0.15, -0.1) is 6.58 Å². The van der Waals surface area contributed by atoms with Crippen molar-refractivity contribution in [2.75, 3.05) is 34.4 Å². The van der Waals surface area contributed by atoms with Crippen molar-refractivity contribution in [1.29, 1.82) is 0 Å². The molecule has 6 heteroatoms. The Kier molecular flexibility index (Phi) is 12.4. The lowest BCUT2D eigenvalue weighted by Gasteiger charge is -2.12. The highest BCUT2D eigenvalue weighted by Gasteiger charge is 2.07. The molecule has 0 atom stereocenters. The average molecular weight is 481 g/mol. The van der Waals surface area contributed by atoms with Gasteiger partial charge in [-0.25, -0.2) is 4.79 Å². The van der Waals surface area contributed by atoms with Gasteiger partial charge in [-0.3, -0.25) is 0 Å². The number of benzene rings is 2. The SMILES string of the molecule is C=C(C)CCCC(C)=CCOC(=O)c1ccc(C=Cc2ccc(OCOC)c(OCOC)c2)cc1. The molecular formula is C29H36O6. The summed E-state index contributed by atoms with van der Waals surface area (Å²) in [4.78, 5) is 12.3. The fraction of sp³-hybridized carbons (Fsp3) is 0.345. The van der Waals surface area contributed by atoms with Gasteiger partial charge in [-0.2, -0.15) is 0 Å². The summed E-state index contributed by atoms with van der Waals surface area (Å²) in [5.74, 6) is 0.795. The second-order valence-electron chi connectivity index (χ2n) is 8.22. The standard InChI is InChI=1S/C29H36O6/c1-22(2)7-6-8-23(3)17-18-33-29(30)26-14-11-24(12-15-26)9-10-25-13-16-27(34-20-31-4)28(19-25)35-21-32-5/h9-17,19H,1,6-8,18,20-21H2,2-5H3. The number of allylic oxidation sites excluding steroid dienone is 2. The van der Waals surface area contributed by atoms with Crippen LogP contribution in [0.15, 0.2) is 66.3 Å². The highest BCUT2D eigenvalue weighted by atomic mass is 16.7. The molecule has 0 saturated carbocycles. The van der Waals surface area contributed by atoms with Gasteiger partial charge in [-0.05, 0) is 74.6 Å². The Morgan fingerprint density at radius 2 is 1.49 bits per heavy atom. The van der Waals surface area contributed by atoms with E-state index in [1.807, 2.05) is 55.5 Å². The van der Waals surface area contributed by atoms with Gasteiger partial charge in [0.2, 0.25) is 0 Å². The Bertz CT molecular complexity index is 1000. The summed E-state index contributed by atoms with van der Waals surface area (Å²) >= 11 is 0. The molecular weight excluding hydrogens is 444 g/mol. The molecule has 6 nitrogen and oxygen atoms in total. The molecule has 0 spiro atoms. The number of hydrogen-bond acceptors (Lipinski definition) is 6. The quantitative estimate of drug-likeness (QED) is 0.123. The van der Waals surface area contributed by atoms with E-state index < -0.39 is 0 Å². The third kappa shape index (κ3) is 10.6. The number of rotatable bonds is 15. The first-order valence-corrected chi connectivity index (χ1v) is 11.6. The molecule has 2 aromatic rings. The third-order valence-electron chi connectivity index (χ3n) is 5.07. The summed E-state index contributed by atoms with van der Waals surface area (Å²) < 4.78 is 26.5. The Morgan fingerprint density at radius 1 is 0.857 bits per heavy atom. The van der Waals surface area contributed by atoms with Crippen LogP contribution < -0.4 is 9.47 Å². The minimum atomic E-state index is -0.335. The summed E-state index contributed by atoms with van der Waals surface area (Å²) in [6.07, 6.45) is 8.93. The van der Waals surface area contributed by atoms with E-state index >= 15 is 0 Å². The van der Waals surface area contributed by atoms with Crippen molar-refractivity contribution < 1.29 is 28.5 Å². The van der Waals surface area contributed by atoms with Crippen LogP contribution in [0.2, 0.25) is 0 Å². The number of ether oxygens (including phenoxy) is 5. The van der Waals surface area contributed by atoms with E-state index in [1.165, 1.54) is 11.1 Å². The van der Waals surface area contributed by atoms with E-state index in [-0.39, 0.29) is 26.2 Å².